The molecule has 8 amide bonds. The molecule has 4 fully saturated rings. The van der Waals surface area contributed by atoms with Gasteiger partial charge in [-0.2, -0.15) is 0 Å². The Balaban J connectivity index is 0.000000185. The summed E-state index contributed by atoms with van der Waals surface area (Å²) in [4.78, 5) is 153. The van der Waals surface area contributed by atoms with Crippen LogP contribution < -0.4 is 30.7 Å². The number of imidazole rings is 4. The average molecular weight is 1770 g/mol. The van der Waals surface area contributed by atoms with Crippen molar-refractivity contribution >= 4 is 97.8 Å². The number of nitrogens with zero attached hydrogens (tertiary/aromatic N) is 8. The lowest BCUT2D eigenvalue weighted by Crippen LogP contribution is -2.54. The molecule has 4 aromatic heterocycles. The molecule has 0 spiro atoms. The summed E-state index contributed by atoms with van der Waals surface area (Å²) in [6, 6.07) is 25.0. The van der Waals surface area contributed by atoms with E-state index in [4.69, 9.17) is 58.2 Å². The number of benzene rings is 6. The largest absolute Gasteiger partial charge is 0.488 e. The second-order valence-corrected chi connectivity index (χ2v) is 36.7. The maximum Gasteiger partial charge on any atom is 0.410 e. The first kappa shape index (κ1) is 92.2. The number of carboxylic acid groups (broad SMARTS) is 1. The number of ether oxygens (including phenoxy) is 8. The predicted molar refractivity (Wildman–Crippen MR) is 482 cm³/mol. The summed E-state index contributed by atoms with van der Waals surface area (Å²) in [5.74, 6) is 2.93. The minimum absolute atomic E-state index is 0.0138. The molecule has 13 atom stereocenters. The molecule has 686 valence electrons. The van der Waals surface area contributed by atoms with Crippen molar-refractivity contribution in [1.82, 2.24) is 80.7 Å². The van der Waals surface area contributed by atoms with Crippen LogP contribution in [0, 0.1) is 29.6 Å². The van der Waals surface area contributed by atoms with Crippen molar-refractivity contribution in [3.05, 3.63) is 132 Å². The monoisotopic (exact) mass is 1770 g/mol. The first-order chi connectivity index (χ1) is 61.5. The number of alkyl carbamates (subject to hydrolysis) is 4. The molecule has 16 rings (SSSR count). The molecule has 6 aliphatic heterocycles. The number of hydrogen-bond donors (Lipinski definition) is 9. The average Bonchev–Trinajstić information content (AvgIpc) is 1.71. The van der Waals surface area contributed by atoms with E-state index in [1.165, 1.54) is 35.5 Å². The Hall–Kier alpha value is -13.0. The molecule has 3 unspecified atom stereocenters. The van der Waals surface area contributed by atoms with Gasteiger partial charge in [0.25, 0.3) is 0 Å². The molecule has 6 aliphatic rings. The lowest BCUT2D eigenvalue weighted by atomic mass is 9.92. The number of carbonyl (C=O) groups excluding carboxylic acids is 8. The van der Waals surface area contributed by atoms with Crippen molar-refractivity contribution in [2.24, 2.45) is 29.6 Å². The Bertz CT molecular complexity index is 5910. The number of methoxy groups -OCH3 is 5. The van der Waals surface area contributed by atoms with Gasteiger partial charge < -0.3 is 98.9 Å². The minimum Gasteiger partial charge on any atom is -0.488 e. The fourth-order valence-corrected chi connectivity index (χ4v) is 18.5. The van der Waals surface area contributed by atoms with Gasteiger partial charge in [-0.1, -0.05) is 91.8 Å². The van der Waals surface area contributed by atoms with Crippen LogP contribution in [0.15, 0.2) is 97.3 Å². The van der Waals surface area contributed by atoms with Crippen molar-refractivity contribution in [2.45, 2.75) is 221 Å². The van der Waals surface area contributed by atoms with Gasteiger partial charge in [-0.05, 0) is 202 Å². The van der Waals surface area contributed by atoms with E-state index in [1.54, 1.807) is 36.8 Å². The third-order valence-electron chi connectivity index (χ3n) is 25.3. The van der Waals surface area contributed by atoms with E-state index in [-0.39, 0.29) is 83.7 Å². The third-order valence-corrected chi connectivity index (χ3v) is 25.3. The highest BCUT2D eigenvalue weighted by Gasteiger charge is 2.46. The van der Waals surface area contributed by atoms with Gasteiger partial charge in [0.2, 0.25) is 17.7 Å². The van der Waals surface area contributed by atoms with E-state index < -0.39 is 66.2 Å². The van der Waals surface area contributed by atoms with Crippen LogP contribution in [0.2, 0.25) is 0 Å². The van der Waals surface area contributed by atoms with E-state index in [0.717, 1.165) is 155 Å². The summed E-state index contributed by atoms with van der Waals surface area (Å²) in [5.41, 5.74) is 12.7. The van der Waals surface area contributed by atoms with Crippen molar-refractivity contribution in [2.75, 3.05) is 48.6 Å². The number of rotatable bonds is 19. The fraction of sp³-hybridized carbons (Fsp3) is 0.484. The number of amides is 8. The van der Waals surface area contributed by atoms with Crippen molar-refractivity contribution in [3.63, 3.8) is 0 Å². The fourth-order valence-electron chi connectivity index (χ4n) is 18.5. The summed E-state index contributed by atoms with van der Waals surface area (Å²) >= 11 is 0. The number of carboxylic acids is 1. The molecule has 0 aliphatic carbocycles. The van der Waals surface area contributed by atoms with Crippen LogP contribution in [0.25, 0.3) is 88.4 Å². The summed E-state index contributed by atoms with van der Waals surface area (Å²) in [6.07, 6.45) is 4.72. The molecule has 10 aromatic rings. The molecule has 4 saturated heterocycles. The topological polar surface area (TPSA) is 424 Å². The number of aliphatic carboxylic acids is 1. The second-order valence-electron chi connectivity index (χ2n) is 36.7. The lowest BCUT2D eigenvalue weighted by molar-refractivity contribution is -0.140. The van der Waals surface area contributed by atoms with Crippen LogP contribution in [0.4, 0.5) is 24.0 Å². The summed E-state index contributed by atoms with van der Waals surface area (Å²) in [6.45, 7) is 28.7. The number of nitrogens with one attached hydrogen (secondary N) is 8. The molecule has 0 bridgehead atoms. The van der Waals surface area contributed by atoms with E-state index in [2.05, 4.69) is 133 Å². The van der Waals surface area contributed by atoms with Gasteiger partial charge in [-0.15, -0.1) is 0 Å². The van der Waals surface area contributed by atoms with Crippen LogP contribution in [0.3, 0.4) is 0 Å². The Morgan fingerprint density at radius 3 is 1.26 bits per heavy atom. The van der Waals surface area contributed by atoms with Gasteiger partial charge in [0.15, 0.2) is 0 Å². The zero-order chi connectivity index (χ0) is 92.6. The first-order valence-corrected chi connectivity index (χ1v) is 44.1. The molecular weight excluding hydrogens is 1650 g/mol. The smallest absolute Gasteiger partial charge is 0.410 e. The van der Waals surface area contributed by atoms with E-state index in [9.17, 15) is 43.2 Å². The molecule has 0 radical (unpaired) electrons. The predicted octanol–water partition coefficient (Wildman–Crippen LogP) is 15.6. The number of H-pyrrole nitrogens is 4. The molecule has 0 saturated carbocycles. The van der Waals surface area contributed by atoms with Crippen molar-refractivity contribution < 1.29 is 86.2 Å². The van der Waals surface area contributed by atoms with Crippen LogP contribution in [-0.4, -0.2) is 215 Å². The highest BCUT2D eigenvalue weighted by atomic mass is 16.6. The maximum atomic E-state index is 14.0. The van der Waals surface area contributed by atoms with Crippen LogP contribution >= 0.6 is 0 Å². The van der Waals surface area contributed by atoms with Gasteiger partial charge >= 0.3 is 36.4 Å². The zero-order valence-electron chi connectivity index (χ0n) is 76.5. The molecule has 129 heavy (non-hydrogen) atoms. The van der Waals surface area contributed by atoms with Gasteiger partial charge in [0, 0.05) is 54.2 Å². The van der Waals surface area contributed by atoms with E-state index in [0.29, 0.717) is 50.3 Å². The number of fused-ring (bicyclic) bond motifs is 12. The molecule has 6 aromatic carbocycles. The maximum absolute atomic E-state index is 14.0. The standard InChI is InChI=1S/C45H54N8O8.C43H51N7O6.C7H13NO4/c1-22(2)37(50-44(56)59-7)43(55)53-24(4)9-14-34(53)41-47-32-13-11-26-17-31-29-12-10-27(16-28(29)21-61-36(31)18-30(26)39(32)49-41)33-19-46-40(48-33)35-15-23(3)20-52(35)42(54)38(25(5)58-6)51-45(57)60-8;1-22(2)36(48-41(52)54-8)40(51)50-24(4)9-14-33(50)39-45-31-13-11-25-17-30-28-12-10-26(16-27(28)21-55-35(30)18-29(25)37(31)47-39)32-19-44-38(46-32)34-15-23(3)20-49(34)42(53)56-43(5,6)7;1-4(2)5(6(9)10)8-7(11)12-3/h10-13,16-19,22-25,34-35,37-38H,9,14-15,20-21H2,1-8H3,(H,46,48)(H,47,49)(H,50,56)(H,51,57);10-13,16-19,22-24,33-34,36H,9,14-15,20-21H2,1-8H3,(H,44,46)(H,45,47)(H,48,52);4-5H,1-3H3,(H,8,11)(H,9,10)/t23-,24-,25+,34-,35?,37-,38-;23-,24-,33-,34?,36-;/m00./s1. The number of likely N-dealkylation sites (tertiary alicyclic amines) is 4. The second kappa shape index (κ2) is 38.1. The van der Waals surface area contributed by atoms with Crippen molar-refractivity contribution in [1.29, 1.82) is 0 Å². The summed E-state index contributed by atoms with van der Waals surface area (Å²) < 4.78 is 42.7. The number of aromatic nitrogens is 8. The van der Waals surface area contributed by atoms with E-state index >= 15 is 0 Å². The quantitative estimate of drug-likeness (QED) is 0.0340. The molecule has 9 N–H and O–H groups in total. The van der Waals surface area contributed by atoms with Crippen LogP contribution in [0.5, 0.6) is 11.5 Å². The number of carbonyl (C=O) groups is 9. The first-order valence-electron chi connectivity index (χ1n) is 44.1. The Labute approximate surface area is 748 Å². The van der Waals surface area contributed by atoms with Gasteiger partial charge in [0.05, 0.1) is 105 Å². The number of aromatic amines is 4. The highest BCUT2D eigenvalue weighted by Crippen LogP contribution is 2.48. The lowest BCUT2D eigenvalue weighted by Gasteiger charge is -2.32. The van der Waals surface area contributed by atoms with Gasteiger partial charge in [0.1, 0.15) is 77.8 Å². The summed E-state index contributed by atoms with van der Waals surface area (Å²) in [5, 5.41) is 22.9. The SMILES string of the molecule is COC(=O)NC(C(=O)O)C(C)C.COC(=O)N[C@H](C(=O)N1[C@@H](C)CC[C@H]1c1nc2c(ccc3cc4c(cc32)OCc2cc(-c3cnc(C5C[C@H](C)CN5C(=O)OC(C)(C)C)[nH]3)ccc2-4)[nH]1)C(C)C.COC(=O)N[C@H](C(=O)N1[C@@H](C)CC[C@H]1c1nc2c(ccc3cc4c(cc32)OCc2cc(-c3cnc(C5C[C@H](C)CN5C(=O)[C@@H](NC(=O)OC)[C@@H](C)OC)[nH]3)ccc2-4)[nH]1)C(C)C. The molecule has 34 heteroatoms. The van der Waals surface area contributed by atoms with Gasteiger partial charge in [-0.25, -0.2) is 48.7 Å². The van der Waals surface area contributed by atoms with Gasteiger partial charge in [-0.3, -0.25) is 19.3 Å². The number of hydrogen-bond acceptors (Lipinski definition) is 21. The molecular formula is C95H118N16O18. The minimum atomic E-state index is -1.06. The van der Waals surface area contributed by atoms with E-state index in [1.807, 2.05) is 90.4 Å². The zero-order valence-corrected chi connectivity index (χ0v) is 76.5. The van der Waals surface area contributed by atoms with Crippen molar-refractivity contribution in [3.8, 4) is 56.3 Å². The highest BCUT2D eigenvalue weighted by molar-refractivity contribution is 6.08. The Morgan fingerprint density at radius 2 is 0.868 bits per heavy atom. The molecule has 10 heterocycles. The Morgan fingerprint density at radius 1 is 0.465 bits per heavy atom. The molecule has 34 nitrogen and oxygen atoms in total. The third kappa shape index (κ3) is 19.3. The van der Waals surface area contributed by atoms with Crippen LogP contribution in [0.1, 0.15) is 194 Å². The Kier molecular flexibility index (Phi) is 27.2. The summed E-state index contributed by atoms with van der Waals surface area (Å²) in [7, 11) is 6.54. The van der Waals surface area contributed by atoms with Crippen LogP contribution in [-0.2, 0) is 60.8 Å². The normalized spacial score (nSPS) is 20.4.